The van der Waals surface area contributed by atoms with Crippen LogP contribution in [0.5, 0.6) is 0 Å². The van der Waals surface area contributed by atoms with Crippen molar-refractivity contribution < 1.29 is 4.92 Å². The molecule has 1 atom stereocenters. The van der Waals surface area contributed by atoms with Gasteiger partial charge >= 0.3 is 5.69 Å². The Labute approximate surface area is 104 Å². The highest BCUT2D eigenvalue weighted by Gasteiger charge is 2.18. The van der Waals surface area contributed by atoms with Gasteiger partial charge in [0, 0.05) is 5.75 Å². The first-order valence-electron chi connectivity index (χ1n) is 5.12. The third kappa shape index (κ3) is 3.39. The van der Waals surface area contributed by atoms with Crippen LogP contribution in [0.15, 0.2) is 23.1 Å². The van der Waals surface area contributed by atoms with E-state index in [2.05, 4.69) is 13.8 Å². The lowest BCUT2D eigenvalue weighted by Gasteiger charge is -2.08. The Hall–Kier alpha value is -0.740. The van der Waals surface area contributed by atoms with Gasteiger partial charge < -0.3 is 0 Å². The molecule has 0 aliphatic rings. The highest BCUT2D eigenvalue weighted by molar-refractivity contribution is 7.99. The fourth-order valence-electron chi connectivity index (χ4n) is 1.14. The molecule has 0 aliphatic carbocycles. The van der Waals surface area contributed by atoms with Crippen LogP contribution in [0, 0.1) is 16.0 Å². The highest BCUT2D eigenvalue weighted by atomic mass is 35.5. The summed E-state index contributed by atoms with van der Waals surface area (Å²) in [5.74, 6) is 1.42. The summed E-state index contributed by atoms with van der Waals surface area (Å²) in [6, 6.07) is 5.04. The number of para-hydroxylation sites is 1. The molecule has 0 aliphatic heterocycles. The van der Waals surface area contributed by atoms with E-state index in [9.17, 15) is 10.1 Å². The number of thioether (sulfide) groups is 1. The van der Waals surface area contributed by atoms with Gasteiger partial charge in [-0.15, -0.1) is 11.8 Å². The van der Waals surface area contributed by atoms with Crippen LogP contribution in [0.25, 0.3) is 0 Å². The quantitative estimate of drug-likeness (QED) is 0.448. The van der Waals surface area contributed by atoms with Crippen LogP contribution in [0.3, 0.4) is 0 Å². The van der Waals surface area contributed by atoms with Crippen LogP contribution in [0.1, 0.15) is 20.3 Å². The van der Waals surface area contributed by atoms with E-state index in [-0.39, 0.29) is 10.7 Å². The number of halogens is 1. The third-order valence-electron chi connectivity index (χ3n) is 2.35. The Kier molecular flexibility index (Phi) is 5.09. The van der Waals surface area contributed by atoms with Crippen LogP contribution >= 0.6 is 23.4 Å². The van der Waals surface area contributed by atoms with E-state index in [1.54, 1.807) is 18.2 Å². The molecule has 1 aromatic carbocycles. The summed E-state index contributed by atoms with van der Waals surface area (Å²) in [6.07, 6.45) is 1.07. The lowest BCUT2D eigenvalue weighted by molar-refractivity contribution is -0.387. The number of hydrogen-bond donors (Lipinski definition) is 0. The van der Waals surface area contributed by atoms with Gasteiger partial charge in [0.05, 0.1) is 9.82 Å². The van der Waals surface area contributed by atoms with Gasteiger partial charge in [0.2, 0.25) is 0 Å². The third-order valence-corrected chi connectivity index (χ3v) is 4.03. The van der Waals surface area contributed by atoms with Gasteiger partial charge in [-0.1, -0.05) is 37.9 Å². The van der Waals surface area contributed by atoms with Crippen molar-refractivity contribution in [3.63, 3.8) is 0 Å². The molecule has 0 heterocycles. The second-order valence-electron chi connectivity index (χ2n) is 3.67. The van der Waals surface area contributed by atoms with Gasteiger partial charge in [-0.3, -0.25) is 10.1 Å². The number of nitro groups is 1. The van der Waals surface area contributed by atoms with E-state index in [1.807, 2.05) is 0 Å². The van der Waals surface area contributed by atoms with Crippen LogP contribution in [0.4, 0.5) is 5.69 Å². The van der Waals surface area contributed by atoms with Crippen LogP contribution in [0.2, 0.25) is 5.02 Å². The topological polar surface area (TPSA) is 43.1 Å². The molecule has 5 heteroatoms. The lowest BCUT2D eigenvalue weighted by Crippen LogP contribution is -1.97. The number of nitrogens with zero attached hydrogens (tertiary/aromatic N) is 1. The average Bonchev–Trinajstić information content (AvgIpc) is 2.25. The second kappa shape index (κ2) is 6.11. The molecule has 0 N–H and O–H groups in total. The Morgan fingerprint density at radius 3 is 2.81 bits per heavy atom. The van der Waals surface area contributed by atoms with Gasteiger partial charge in [0.15, 0.2) is 0 Å². The zero-order chi connectivity index (χ0) is 12.1. The van der Waals surface area contributed by atoms with Gasteiger partial charge in [-0.05, 0) is 18.1 Å². The molecular formula is C11H14ClNO2S. The van der Waals surface area contributed by atoms with Gasteiger partial charge in [-0.25, -0.2) is 0 Å². The minimum atomic E-state index is -0.415. The molecule has 0 spiro atoms. The summed E-state index contributed by atoms with van der Waals surface area (Å²) in [5.41, 5.74) is 0.0254. The zero-order valence-corrected chi connectivity index (χ0v) is 10.8. The average molecular weight is 260 g/mol. The normalized spacial score (nSPS) is 12.4. The van der Waals surface area contributed by atoms with E-state index < -0.39 is 4.92 Å². The molecular weight excluding hydrogens is 246 g/mol. The molecule has 0 saturated carbocycles. The number of hydrogen-bond acceptors (Lipinski definition) is 3. The van der Waals surface area contributed by atoms with Crippen LogP contribution in [-0.2, 0) is 0 Å². The zero-order valence-electron chi connectivity index (χ0n) is 9.27. The van der Waals surface area contributed by atoms with Crippen molar-refractivity contribution in [2.45, 2.75) is 25.2 Å². The Morgan fingerprint density at radius 1 is 1.56 bits per heavy atom. The SMILES string of the molecule is CCC(C)CSc1cccc(Cl)c1[N+](=O)[O-]. The van der Waals surface area contributed by atoms with Gasteiger partial charge in [0.1, 0.15) is 5.02 Å². The fraction of sp³-hybridized carbons (Fsp3) is 0.455. The van der Waals surface area contributed by atoms with Crippen molar-refractivity contribution in [1.82, 2.24) is 0 Å². The van der Waals surface area contributed by atoms with Gasteiger partial charge in [-0.2, -0.15) is 0 Å². The summed E-state index contributed by atoms with van der Waals surface area (Å²) in [7, 11) is 0. The molecule has 0 amide bonds. The van der Waals surface area contributed by atoms with E-state index in [0.717, 1.165) is 12.2 Å². The predicted molar refractivity (Wildman–Crippen MR) is 68.3 cm³/mol. The smallest absolute Gasteiger partial charge is 0.258 e. The summed E-state index contributed by atoms with van der Waals surface area (Å²) < 4.78 is 0. The molecule has 88 valence electrons. The molecule has 0 aromatic heterocycles. The molecule has 1 unspecified atom stereocenters. The molecule has 3 nitrogen and oxygen atoms in total. The fourth-order valence-corrected chi connectivity index (χ4v) is 2.63. The summed E-state index contributed by atoms with van der Waals surface area (Å²) >= 11 is 7.31. The maximum absolute atomic E-state index is 10.9. The first-order valence-corrected chi connectivity index (χ1v) is 6.48. The van der Waals surface area contributed by atoms with Crippen LogP contribution < -0.4 is 0 Å². The minimum Gasteiger partial charge on any atom is -0.258 e. The molecule has 0 radical (unpaired) electrons. The van der Waals surface area contributed by atoms with E-state index in [0.29, 0.717) is 10.8 Å². The second-order valence-corrected chi connectivity index (χ2v) is 5.14. The Balaban J connectivity index is 2.87. The van der Waals surface area contributed by atoms with Crippen molar-refractivity contribution in [1.29, 1.82) is 0 Å². The largest absolute Gasteiger partial charge is 0.301 e. The lowest BCUT2D eigenvalue weighted by atomic mass is 10.2. The standard InChI is InChI=1S/C11H14ClNO2S/c1-3-8(2)7-16-10-6-4-5-9(12)11(10)13(14)15/h4-6,8H,3,7H2,1-2H3. The van der Waals surface area contributed by atoms with Crippen molar-refractivity contribution in [3.05, 3.63) is 33.3 Å². The summed E-state index contributed by atoms with van der Waals surface area (Å²) in [4.78, 5) is 11.1. The molecule has 0 saturated heterocycles. The highest BCUT2D eigenvalue weighted by Crippen LogP contribution is 2.36. The Bertz CT molecular complexity index is 384. The van der Waals surface area contributed by atoms with Crippen molar-refractivity contribution >= 4 is 29.1 Å². The molecule has 0 bridgehead atoms. The van der Waals surface area contributed by atoms with Crippen molar-refractivity contribution in [2.24, 2.45) is 5.92 Å². The van der Waals surface area contributed by atoms with Gasteiger partial charge in [0.25, 0.3) is 0 Å². The number of nitro benzene ring substituents is 1. The molecule has 1 aromatic rings. The minimum absolute atomic E-state index is 0.0254. The van der Waals surface area contributed by atoms with E-state index in [4.69, 9.17) is 11.6 Å². The summed E-state index contributed by atoms with van der Waals surface area (Å²) in [6.45, 7) is 4.24. The molecule has 0 fully saturated rings. The summed E-state index contributed by atoms with van der Waals surface area (Å²) in [5, 5.41) is 11.1. The number of benzene rings is 1. The van der Waals surface area contributed by atoms with E-state index >= 15 is 0 Å². The van der Waals surface area contributed by atoms with Crippen molar-refractivity contribution in [2.75, 3.05) is 5.75 Å². The molecule has 16 heavy (non-hydrogen) atoms. The maximum atomic E-state index is 10.9. The van der Waals surface area contributed by atoms with Crippen molar-refractivity contribution in [3.8, 4) is 0 Å². The monoisotopic (exact) mass is 259 g/mol. The van der Waals surface area contributed by atoms with E-state index in [1.165, 1.54) is 11.8 Å². The first kappa shape index (κ1) is 13.3. The first-order chi connectivity index (χ1) is 7.56. The maximum Gasteiger partial charge on any atom is 0.301 e. The molecule has 1 rings (SSSR count). The van der Waals surface area contributed by atoms with Crippen LogP contribution in [-0.4, -0.2) is 10.7 Å². The number of rotatable bonds is 5. The Morgan fingerprint density at radius 2 is 2.25 bits per heavy atom. The predicted octanol–water partition coefficient (Wildman–Crippen LogP) is 4.39.